The highest BCUT2D eigenvalue weighted by molar-refractivity contribution is 14.0. The van der Waals surface area contributed by atoms with E-state index in [1.807, 2.05) is 6.92 Å². The fourth-order valence-corrected chi connectivity index (χ4v) is 2.15. The molecule has 144 valence electrons. The summed E-state index contributed by atoms with van der Waals surface area (Å²) >= 11 is 0. The first-order valence-corrected chi connectivity index (χ1v) is 7.66. The molecule has 0 amide bonds. The van der Waals surface area contributed by atoms with Gasteiger partial charge in [-0.15, -0.1) is 24.0 Å². The van der Waals surface area contributed by atoms with Crippen molar-refractivity contribution in [2.75, 3.05) is 26.1 Å². The second-order valence-electron chi connectivity index (χ2n) is 4.92. The van der Waals surface area contributed by atoms with Crippen LogP contribution in [0.25, 0.3) is 0 Å². The van der Waals surface area contributed by atoms with Crippen LogP contribution in [0.3, 0.4) is 0 Å². The van der Waals surface area contributed by atoms with Crippen molar-refractivity contribution >= 4 is 35.6 Å². The maximum Gasteiger partial charge on any atom is 0.319 e. The summed E-state index contributed by atoms with van der Waals surface area (Å²) in [6.45, 7) is -0.108. The molecule has 0 atom stereocenters. The number of halogens is 3. The number of nitrogens with one attached hydrogen (secondary N) is 2. The molecule has 2 rings (SSSR count). The predicted octanol–water partition coefficient (Wildman–Crippen LogP) is 3.49. The van der Waals surface area contributed by atoms with Gasteiger partial charge in [-0.3, -0.25) is 4.57 Å². The van der Waals surface area contributed by atoms with Gasteiger partial charge in [0.1, 0.15) is 12.4 Å². The number of methoxy groups -OCH3 is 2. The Bertz CT molecular complexity index is 724. The monoisotopic (exact) mass is 481 g/mol. The lowest BCUT2D eigenvalue weighted by atomic mass is 10.3. The number of nitrogens with zero attached hydrogens (tertiary/aromatic N) is 3. The topological polar surface area (TPSA) is 72.7 Å². The highest BCUT2D eigenvalue weighted by atomic mass is 127. The van der Waals surface area contributed by atoms with Crippen molar-refractivity contribution < 1.29 is 18.3 Å². The average Bonchev–Trinajstić information content (AvgIpc) is 3.08. The minimum atomic E-state index is -2.64. The van der Waals surface area contributed by atoms with Crippen LogP contribution >= 0.6 is 24.0 Å². The van der Waals surface area contributed by atoms with E-state index < -0.39 is 6.55 Å². The second kappa shape index (κ2) is 10.8. The fraction of sp³-hybridized carbons (Fsp3) is 0.375. The quantitative estimate of drug-likeness (QED) is 0.360. The van der Waals surface area contributed by atoms with Crippen molar-refractivity contribution in [3.8, 4) is 11.5 Å². The van der Waals surface area contributed by atoms with E-state index in [0.29, 0.717) is 24.0 Å². The third-order valence-corrected chi connectivity index (χ3v) is 3.33. The lowest BCUT2D eigenvalue weighted by molar-refractivity contribution is 0.0671. The van der Waals surface area contributed by atoms with Crippen LogP contribution in [0.15, 0.2) is 35.6 Å². The molecule has 0 aliphatic heterocycles. The Labute approximate surface area is 167 Å². The van der Waals surface area contributed by atoms with Gasteiger partial charge in [0, 0.05) is 30.7 Å². The molecule has 1 aromatic carbocycles. The molecule has 1 heterocycles. The van der Waals surface area contributed by atoms with E-state index in [4.69, 9.17) is 9.47 Å². The van der Waals surface area contributed by atoms with Gasteiger partial charge in [-0.05, 0) is 19.1 Å². The number of hydrogen-bond donors (Lipinski definition) is 2. The summed E-state index contributed by atoms with van der Waals surface area (Å²) in [5.74, 6) is 1.79. The molecular formula is C16H22F2IN5O2. The predicted molar refractivity (Wildman–Crippen MR) is 107 cm³/mol. The van der Waals surface area contributed by atoms with Gasteiger partial charge in [-0.2, -0.15) is 8.78 Å². The molecule has 26 heavy (non-hydrogen) atoms. The van der Waals surface area contributed by atoms with Crippen LogP contribution < -0.4 is 20.1 Å². The van der Waals surface area contributed by atoms with Gasteiger partial charge >= 0.3 is 6.55 Å². The minimum Gasteiger partial charge on any atom is -0.493 e. The van der Waals surface area contributed by atoms with E-state index in [-0.39, 0.29) is 36.3 Å². The largest absolute Gasteiger partial charge is 0.493 e. The normalized spacial score (nSPS) is 11.1. The van der Waals surface area contributed by atoms with E-state index in [9.17, 15) is 8.78 Å². The minimum absolute atomic E-state index is 0. The first-order valence-electron chi connectivity index (χ1n) is 7.66. The van der Waals surface area contributed by atoms with Crippen LogP contribution in [-0.4, -0.2) is 36.3 Å². The molecule has 0 aliphatic carbocycles. The number of imidazole rings is 1. The van der Waals surface area contributed by atoms with E-state index in [0.717, 1.165) is 10.3 Å². The molecule has 2 aromatic rings. The van der Waals surface area contributed by atoms with Gasteiger partial charge in [0.05, 0.1) is 14.2 Å². The lowest BCUT2D eigenvalue weighted by Gasteiger charge is -2.14. The van der Waals surface area contributed by atoms with Crippen molar-refractivity contribution in [2.24, 2.45) is 4.99 Å². The molecule has 0 radical (unpaired) electrons. The molecule has 0 saturated carbocycles. The van der Waals surface area contributed by atoms with Crippen LogP contribution in [0, 0.1) is 0 Å². The standard InChI is InChI=1S/C16H21F2N5O2.HI/c1-4-19-16(21-10-14-20-7-8-23(14)15(17)18)22-11-5-6-12(24-2)13(9-11)25-3;/h5-9,15H,4,10H2,1-3H3,(H2,19,21,22);1H. The maximum atomic E-state index is 12.9. The van der Waals surface area contributed by atoms with Gasteiger partial charge < -0.3 is 20.1 Å². The van der Waals surface area contributed by atoms with Gasteiger partial charge in [-0.25, -0.2) is 9.98 Å². The Morgan fingerprint density at radius 3 is 2.62 bits per heavy atom. The average molecular weight is 481 g/mol. The van der Waals surface area contributed by atoms with Crippen LogP contribution in [-0.2, 0) is 6.54 Å². The summed E-state index contributed by atoms with van der Waals surface area (Å²) in [5, 5.41) is 6.15. The second-order valence-corrected chi connectivity index (χ2v) is 4.92. The Hall–Kier alpha value is -2.11. The Balaban J connectivity index is 0.00000338. The molecule has 10 heteroatoms. The van der Waals surface area contributed by atoms with Crippen molar-refractivity contribution in [3.05, 3.63) is 36.4 Å². The summed E-state index contributed by atoms with van der Waals surface area (Å²) < 4.78 is 36.9. The Morgan fingerprint density at radius 1 is 1.27 bits per heavy atom. The maximum absolute atomic E-state index is 12.9. The van der Waals surface area contributed by atoms with Gasteiger partial charge in [-0.1, -0.05) is 0 Å². The van der Waals surface area contributed by atoms with Gasteiger partial charge in [0.15, 0.2) is 17.5 Å². The van der Waals surface area contributed by atoms with Crippen LogP contribution in [0.1, 0.15) is 19.3 Å². The van der Waals surface area contributed by atoms with Crippen molar-refractivity contribution in [3.63, 3.8) is 0 Å². The molecule has 0 saturated heterocycles. The number of hydrogen-bond acceptors (Lipinski definition) is 4. The van der Waals surface area contributed by atoms with Crippen molar-refractivity contribution in [2.45, 2.75) is 20.0 Å². The molecule has 7 nitrogen and oxygen atoms in total. The Kier molecular flexibility index (Phi) is 9.10. The third kappa shape index (κ3) is 5.71. The number of aliphatic imine (C=N–C) groups is 1. The molecule has 0 fully saturated rings. The van der Waals surface area contributed by atoms with Crippen LogP contribution in [0.4, 0.5) is 14.5 Å². The molecule has 1 aromatic heterocycles. The SMILES string of the molecule is CCNC(=NCc1nccn1C(F)F)Nc1ccc(OC)c(OC)c1.I. The number of aromatic nitrogens is 2. The molecule has 0 aliphatic rings. The first-order chi connectivity index (χ1) is 12.1. The van der Waals surface area contributed by atoms with E-state index in [1.165, 1.54) is 12.4 Å². The number of guanidine groups is 1. The molecule has 0 bridgehead atoms. The zero-order chi connectivity index (χ0) is 18.2. The van der Waals surface area contributed by atoms with Crippen molar-refractivity contribution in [1.29, 1.82) is 0 Å². The van der Waals surface area contributed by atoms with Crippen LogP contribution in [0.5, 0.6) is 11.5 Å². The molecule has 0 unspecified atom stereocenters. The summed E-state index contributed by atoms with van der Waals surface area (Å²) in [6, 6.07) is 5.31. The molecular weight excluding hydrogens is 459 g/mol. The van der Waals surface area contributed by atoms with Gasteiger partial charge in [0.2, 0.25) is 0 Å². The Morgan fingerprint density at radius 2 is 2.00 bits per heavy atom. The van der Waals surface area contributed by atoms with E-state index in [2.05, 4.69) is 20.6 Å². The number of benzene rings is 1. The zero-order valence-corrected chi connectivity index (χ0v) is 17.0. The van der Waals surface area contributed by atoms with E-state index in [1.54, 1.807) is 32.4 Å². The fourth-order valence-electron chi connectivity index (χ4n) is 2.15. The van der Waals surface area contributed by atoms with Crippen LogP contribution in [0.2, 0.25) is 0 Å². The number of ether oxygens (including phenoxy) is 2. The lowest BCUT2D eigenvalue weighted by Crippen LogP contribution is -2.30. The summed E-state index contributed by atoms with van der Waals surface area (Å²) in [5.41, 5.74) is 0.717. The number of alkyl halides is 2. The smallest absolute Gasteiger partial charge is 0.319 e. The van der Waals surface area contributed by atoms with Gasteiger partial charge in [0.25, 0.3) is 0 Å². The zero-order valence-electron chi connectivity index (χ0n) is 14.7. The summed E-state index contributed by atoms with van der Waals surface area (Å²) in [6.07, 6.45) is 2.55. The summed E-state index contributed by atoms with van der Waals surface area (Å²) in [4.78, 5) is 8.21. The third-order valence-electron chi connectivity index (χ3n) is 3.33. The van der Waals surface area contributed by atoms with Crippen molar-refractivity contribution in [1.82, 2.24) is 14.9 Å². The molecule has 0 spiro atoms. The number of rotatable bonds is 7. The summed E-state index contributed by atoms with van der Waals surface area (Å²) in [7, 11) is 3.10. The van der Waals surface area contributed by atoms with E-state index >= 15 is 0 Å². The highest BCUT2D eigenvalue weighted by Gasteiger charge is 2.11. The number of anilines is 1. The molecule has 2 N–H and O–H groups in total. The first kappa shape index (κ1) is 21.9. The highest BCUT2D eigenvalue weighted by Crippen LogP contribution is 2.29.